The van der Waals surface area contributed by atoms with Crippen LogP contribution < -0.4 is 10.2 Å². The third kappa shape index (κ3) is 2.97. The van der Waals surface area contributed by atoms with Gasteiger partial charge in [-0.1, -0.05) is 0 Å². The minimum atomic E-state index is -0.0395. The molecule has 2 aromatic heterocycles. The van der Waals surface area contributed by atoms with Crippen molar-refractivity contribution in [3.63, 3.8) is 0 Å². The second kappa shape index (κ2) is 5.69. The van der Waals surface area contributed by atoms with Crippen LogP contribution in [0.2, 0.25) is 0 Å². The molecular formula is C14H19N5O2. The minimum Gasteiger partial charge on any atom is -0.373 e. The monoisotopic (exact) mass is 289 g/mol. The zero-order chi connectivity index (χ0) is 14.8. The molecule has 3 rings (SSSR count). The van der Waals surface area contributed by atoms with E-state index in [-0.39, 0.29) is 12.0 Å². The molecule has 1 aliphatic rings. The Morgan fingerprint density at radius 2 is 2.43 bits per heavy atom. The molecule has 112 valence electrons. The fourth-order valence-corrected chi connectivity index (χ4v) is 2.57. The predicted octanol–water partition coefficient (Wildman–Crippen LogP) is 0.379. The van der Waals surface area contributed by atoms with Crippen molar-refractivity contribution in [3.05, 3.63) is 24.2 Å². The summed E-state index contributed by atoms with van der Waals surface area (Å²) in [6.07, 6.45) is 3.59. The summed E-state index contributed by atoms with van der Waals surface area (Å²) in [5.74, 6) is 0.872. The first-order chi connectivity index (χ1) is 10.1. The molecule has 1 saturated heterocycles. The average molecular weight is 289 g/mol. The largest absolute Gasteiger partial charge is 0.373 e. The quantitative estimate of drug-likeness (QED) is 0.884. The van der Waals surface area contributed by atoms with Crippen LogP contribution in [0.4, 0.5) is 5.82 Å². The number of rotatable bonds is 3. The highest BCUT2D eigenvalue weighted by atomic mass is 16.5. The van der Waals surface area contributed by atoms with Gasteiger partial charge in [0.2, 0.25) is 5.91 Å². The molecule has 0 saturated carbocycles. The molecule has 3 heterocycles. The van der Waals surface area contributed by atoms with E-state index in [1.807, 2.05) is 23.7 Å². The molecule has 7 heteroatoms. The first kappa shape index (κ1) is 13.8. The molecule has 0 bridgehead atoms. The zero-order valence-electron chi connectivity index (χ0n) is 12.2. The van der Waals surface area contributed by atoms with Gasteiger partial charge < -0.3 is 15.0 Å². The molecule has 1 unspecified atom stereocenters. The molecular weight excluding hydrogens is 270 g/mol. The van der Waals surface area contributed by atoms with E-state index in [0.29, 0.717) is 19.7 Å². The third-order valence-electron chi connectivity index (χ3n) is 3.51. The van der Waals surface area contributed by atoms with Crippen molar-refractivity contribution in [2.75, 3.05) is 31.1 Å². The molecule has 1 N–H and O–H groups in total. The highest BCUT2D eigenvalue weighted by molar-refractivity contribution is 5.73. The van der Waals surface area contributed by atoms with Gasteiger partial charge in [0.25, 0.3) is 0 Å². The van der Waals surface area contributed by atoms with Gasteiger partial charge in [-0.2, -0.15) is 5.10 Å². The predicted molar refractivity (Wildman–Crippen MR) is 78.4 cm³/mol. The first-order valence-corrected chi connectivity index (χ1v) is 7.05. The number of carbonyl (C=O) groups excluding carboxylic acids is 1. The molecule has 0 aliphatic carbocycles. The number of amides is 1. The SMILES string of the molecule is CC(=O)NCC1CN(c2nccn3nc(C)cc23)CCO1. The summed E-state index contributed by atoms with van der Waals surface area (Å²) in [6.45, 7) is 6.12. The van der Waals surface area contributed by atoms with E-state index < -0.39 is 0 Å². The van der Waals surface area contributed by atoms with Gasteiger partial charge in [0.05, 0.1) is 18.4 Å². The van der Waals surface area contributed by atoms with Crippen molar-refractivity contribution in [1.82, 2.24) is 19.9 Å². The number of morpholine rings is 1. The van der Waals surface area contributed by atoms with Gasteiger partial charge in [-0.05, 0) is 13.0 Å². The molecule has 2 aromatic rings. The van der Waals surface area contributed by atoms with Crippen LogP contribution in [0.25, 0.3) is 5.52 Å². The van der Waals surface area contributed by atoms with Crippen molar-refractivity contribution in [1.29, 1.82) is 0 Å². The molecule has 1 aliphatic heterocycles. The van der Waals surface area contributed by atoms with Crippen LogP contribution in [0.1, 0.15) is 12.6 Å². The van der Waals surface area contributed by atoms with Gasteiger partial charge >= 0.3 is 0 Å². The van der Waals surface area contributed by atoms with Gasteiger partial charge in [0.15, 0.2) is 5.82 Å². The molecule has 1 fully saturated rings. The molecule has 7 nitrogen and oxygen atoms in total. The number of carbonyl (C=O) groups is 1. The zero-order valence-corrected chi connectivity index (χ0v) is 12.2. The maximum atomic E-state index is 11.0. The summed E-state index contributed by atoms with van der Waals surface area (Å²) in [7, 11) is 0. The Hall–Kier alpha value is -2.15. The fourth-order valence-electron chi connectivity index (χ4n) is 2.57. The van der Waals surface area contributed by atoms with E-state index in [2.05, 4.69) is 20.3 Å². The molecule has 0 radical (unpaired) electrons. The Labute approximate surface area is 122 Å². The number of aryl methyl sites for hydroxylation is 1. The van der Waals surface area contributed by atoms with Gasteiger partial charge in [0, 0.05) is 39.0 Å². The smallest absolute Gasteiger partial charge is 0.216 e. The summed E-state index contributed by atoms with van der Waals surface area (Å²) in [5.41, 5.74) is 1.96. The summed E-state index contributed by atoms with van der Waals surface area (Å²) in [5, 5.41) is 7.21. The second-order valence-corrected chi connectivity index (χ2v) is 5.24. The van der Waals surface area contributed by atoms with Gasteiger partial charge in [0.1, 0.15) is 5.52 Å². The van der Waals surface area contributed by atoms with Crippen LogP contribution in [0, 0.1) is 6.92 Å². The van der Waals surface area contributed by atoms with Crippen LogP contribution in [-0.2, 0) is 9.53 Å². The lowest BCUT2D eigenvalue weighted by molar-refractivity contribution is -0.119. The average Bonchev–Trinajstić information content (AvgIpc) is 2.85. The van der Waals surface area contributed by atoms with E-state index >= 15 is 0 Å². The minimum absolute atomic E-state index is 0.0197. The third-order valence-corrected chi connectivity index (χ3v) is 3.51. The lowest BCUT2D eigenvalue weighted by atomic mass is 10.2. The van der Waals surface area contributed by atoms with Gasteiger partial charge in [-0.3, -0.25) is 4.79 Å². The number of hydrogen-bond donors (Lipinski definition) is 1. The Bertz CT molecular complexity index is 654. The first-order valence-electron chi connectivity index (χ1n) is 7.05. The Kier molecular flexibility index (Phi) is 3.74. The van der Waals surface area contributed by atoms with Crippen molar-refractivity contribution in [2.45, 2.75) is 20.0 Å². The number of fused-ring (bicyclic) bond motifs is 1. The molecule has 1 amide bonds. The summed E-state index contributed by atoms with van der Waals surface area (Å²) < 4.78 is 7.53. The number of aromatic nitrogens is 3. The normalized spacial score (nSPS) is 19.0. The van der Waals surface area contributed by atoms with E-state index in [1.54, 1.807) is 6.20 Å². The van der Waals surface area contributed by atoms with Crippen molar-refractivity contribution < 1.29 is 9.53 Å². The van der Waals surface area contributed by atoms with Crippen molar-refractivity contribution >= 4 is 17.2 Å². The fraction of sp³-hybridized carbons (Fsp3) is 0.500. The van der Waals surface area contributed by atoms with E-state index in [9.17, 15) is 4.79 Å². The Balaban J connectivity index is 1.80. The highest BCUT2D eigenvalue weighted by Gasteiger charge is 2.23. The number of nitrogens with one attached hydrogen (secondary N) is 1. The van der Waals surface area contributed by atoms with E-state index in [1.165, 1.54) is 6.92 Å². The lowest BCUT2D eigenvalue weighted by Gasteiger charge is -2.33. The standard InChI is InChI=1S/C14H19N5O2/c1-10-7-13-14(15-3-4-19(13)17-10)18-5-6-21-12(9-18)8-16-11(2)20/h3-4,7,12H,5-6,8-9H2,1-2H3,(H,16,20). The van der Waals surface area contributed by atoms with Crippen LogP contribution in [0.3, 0.4) is 0 Å². The topological polar surface area (TPSA) is 71.8 Å². The van der Waals surface area contributed by atoms with Gasteiger partial charge in [-0.25, -0.2) is 9.50 Å². The van der Waals surface area contributed by atoms with Crippen LogP contribution in [0.15, 0.2) is 18.5 Å². The summed E-state index contributed by atoms with van der Waals surface area (Å²) in [6, 6.07) is 2.03. The molecule has 1 atom stereocenters. The van der Waals surface area contributed by atoms with Crippen LogP contribution >= 0.6 is 0 Å². The number of nitrogens with zero attached hydrogens (tertiary/aromatic N) is 4. The number of hydrogen-bond acceptors (Lipinski definition) is 5. The van der Waals surface area contributed by atoms with E-state index in [4.69, 9.17) is 4.74 Å². The van der Waals surface area contributed by atoms with Crippen LogP contribution in [0.5, 0.6) is 0 Å². The molecule has 21 heavy (non-hydrogen) atoms. The number of anilines is 1. The van der Waals surface area contributed by atoms with Crippen molar-refractivity contribution in [2.24, 2.45) is 0 Å². The molecule has 0 aromatic carbocycles. The van der Waals surface area contributed by atoms with Crippen molar-refractivity contribution in [3.8, 4) is 0 Å². The maximum absolute atomic E-state index is 11.0. The highest BCUT2D eigenvalue weighted by Crippen LogP contribution is 2.21. The maximum Gasteiger partial charge on any atom is 0.216 e. The van der Waals surface area contributed by atoms with E-state index in [0.717, 1.165) is 23.6 Å². The van der Waals surface area contributed by atoms with Crippen LogP contribution in [-0.4, -0.2) is 52.9 Å². The Morgan fingerprint density at radius 1 is 1.57 bits per heavy atom. The summed E-state index contributed by atoms with van der Waals surface area (Å²) >= 11 is 0. The molecule has 0 spiro atoms. The lowest BCUT2D eigenvalue weighted by Crippen LogP contribution is -2.47. The summed E-state index contributed by atoms with van der Waals surface area (Å²) in [4.78, 5) is 17.7. The second-order valence-electron chi connectivity index (χ2n) is 5.24. The number of ether oxygens (including phenoxy) is 1. The van der Waals surface area contributed by atoms with Gasteiger partial charge in [-0.15, -0.1) is 0 Å². The Morgan fingerprint density at radius 3 is 3.24 bits per heavy atom.